The number of likely N-dealkylation sites (tertiary alicyclic amines) is 1. The van der Waals surface area contributed by atoms with Gasteiger partial charge in [-0.2, -0.15) is 0 Å². The fourth-order valence-corrected chi connectivity index (χ4v) is 3.50. The van der Waals surface area contributed by atoms with E-state index in [4.69, 9.17) is 4.84 Å². The second kappa shape index (κ2) is 6.04. The Hall–Kier alpha value is -3.49. The molecule has 4 rings (SSSR count). The normalized spacial score (nSPS) is 21.8. The van der Waals surface area contributed by atoms with E-state index in [1.807, 2.05) is 0 Å². The summed E-state index contributed by atoms with van der Waals surface area (Å²) in [5.41, 5.74) is 0.353. The summed E-state index contributed by atoms with van der Waals surface area (Å²) in [7, 11) is 3.34. The standard InChI is InChI=1S/C18H16N4O5/c1-20-8-7-19-15(20)14-12(9-13(23)21(14)2)18(26)27-22-16(24)10-5-3-4-6-11(10)17(22)25/h3-8,12,14H,9H2,1-2H3/t12-,14-/m0/s1. The molecule has 2 aromatic rings. The number of rotatable bonds is 3. The summed E-state index contributed by atoms with van der Waals surface area (Å²) in [6.07, 6.45) is 3.19. The number of imide groups is 1. The van der Waals surface area contributed by atoms with Crippen LogP contribution in [0.25, 0.3) is 0 Å². The second-order valence-corrected chi connectivity index (χ2v) is 6.52. The van der Waals surface area contributed by atoms with Crippen LogP contribution in [0.1, 0.15) is 39.0 Å². The number of carbonyl (C=O) groups excluding carboxylic acids is 4. The van der Waals surface area contributed by atoms with Crippen LogP contribution in [0, 0.1) is 5.92 Å². The lowest BCUT2D eigenvalue weighted by Gasteiger charge is -2.24. The SMILES string of the molecule is CN1C(=O)C[C@H](C(=O)ON2C(=O)c3ccccc3C2=O)[C@H]1c1nccn1C. The molecule has 2 atom stereocenters. The minimum Gasteiger partial charge on any atom is -0.336 e. The molecular weight excluding hydrogens is 352 g/mol. The number of benzene rings is 1. The van der Waals surface area contributed by atoms with Crippen LogP contribution in [-0.2, 0) is 21.5 Å². The van der Waals surface area contributed by atoms with Crippen LogP contribution in [0.2, 0.25) is 0 Å². The van der Waals surface area contributed by atoms with E-state index in [0.29, 0.717) is 10.9 Å². The lowest BCUT2D eigenvalue weighted by Crippen LogP contribution is -2.37. The van der Waals surface area contributed by atoms with Gasteiger partial charge in [0.25, 0.3) is 11.8 Å². The number of aryl methyl sites for hydroxylation is 1. The van der Waals surface area contributed by atoms with Gasteiger partial charge >= 0.3 is 5.97 Å². The van der Waals surface area contributed by atoms with Gasteiger partial charge in [-0.15, -0.1) is 0 Å². The van der Waals surface area contributed by atoms with Crippen molar-refractivity contribution < 1.29 is 24.0 Å². The van der Waals surface area contributed by atoms with E-state index in [9.17, 15) is 19.2 Å². The molecule has 1 aromatic carbocycles. The molecule has 9 nitrogen and oxygen atoms in total. The van der Waals surface area contributed by atoms with Gasteiger partial charge in [0.05, 0.1) is 17.0 Å². The van der Waals surface area contributed by atoms with Crippen LogP contribution in [0.15, 0.2) is 36.7 Å². The first kappa shape index (κ1) is 17.0. The number of nitrogens with zero attached hydrogens (tertiary/aromatic N) is 4. The van der Waals surface area contributed by atoms with Gasteiger partial charge in [-0.25, -0.2) is 9.78 Å². The van der Waals surface area contributed by atoms with Gasteiger partial charge in [0.15, 0.2) is 0 Å². The number of imidazole rings is 1. The summed E-state index contributed by atoms with van der Waals surface area (Å²) in [4.78, 5) is 60.5. The number of fused-ring (bicyclic) bond motifs is 1. The van der Waals surface area contributed by atoms with Crippen LogP contribution < -0.4 is 0 Å². The van der Waals surface area contributed by atoms with Crippen LogP contribution >= 0.6 is 0 Å². The van der Waals surface area contributed by atoms with E-state index in [0.717, 1.165) is 0 Å². The summed E-state index contributed by atoms with van der Waals surface area (Å²) in [6, 6.07) is 5.59. The molecule has 0 aliphatic carbocycles. The van der Waals surface area contributed by atoms with E-state index >= 15 is 0 Å². The maximum atomic E-state index is 12.8. The number of carbonyl (C=O) groups is 4. The Morgan fingerprint density at radius 3 is 2.30 bits per heavy atom. The molecule has 0 bridgehead atoms. The van der Waals surface area contributed by atoms with Gasteiger partial charge in [0.2, 0.25) is 5.91 Å². The third-order valence-corrected chi connectivity index (χ3v) is 4.95. The number of aromatic nitrogens is 2. The molecule has 27 heavy (non-hydrogen) atoms. The van der Waals surface area contributed by atoms with E-state index in [2.05, 4.69) is 4.98 Å². The minimum absolute atomic E-state index is 0.0873. The molecule has 9 heteroatoms. The Labute approximate surface area is 154 Å². The van der Waals surface area contributed by atoms with E-state index in [-0.39, 0.29) is 23.5 Å². The molecule has 2 aliphatic rings. The van der Waals surface area contributed by atoms with Crippen molar-refractivity contribution in [2.24, 2.45) is 13.0 Å². The zero-order chi connectivity index (χ0) is 19.3. The summed E-state index contributed by atoms with van der Waals surface area (Å²) in [6.45, 7) is 0. The summed E-state index contributed by atoms with van der Waals surface area (Å²) in [5.74, 6) is -2.83. The first-order valence-electron chi connectivity index (χ1n) is 8.32. The van der Waals surface area contributed by atoms with Crippen LogP contribution in [0.3, 0.4) is 0 Å². The fraction of sp³-hybridized carbons (Fsp3) is 0.278. The van der Waals surface area contributed by atoms with E-state index in [1.165, 1.54) is 17.0 Å². The molecule has 0 unspecified atom stereocenters. The highest BCUT2D eigenvalue weighted by atomic mass is 16.7. The van der Waals surface area contributed by atoms with Crippen LogP contribution in [0.5, 0.6) is 0 Å². The third-order valence-electron chi connectivity index (χ3n) is 4.95. The van der Waals surface area contributed by atoms with Gasteiger partial charge in [-0.3, -0.25) is 14.4 Å². The Balaban J connectivity index is 1.60. The Kier molecular flexibility index (Phi) is 3.79. The lowest BCUT2D eigenvalue weighted by atomic mass is 10.00. The van der Waals surface area contributed by atoms with Crippen molar-refractivity contribution in [1.82, 2.24) is 19.5 Å². The zero-order valence-corrected chi connectivity index (χ0v) is 14.7. The molecule has 1 aromatic heterocycles. The topological polar surface area (TPSA) is 102 Å². The molecule has 0 radical (unpaired) electrons. The second-order valence-electron chi connectivity index (χ2n) is 6.52. The molecule has 2 aliphatic heterocycles. The third kappa shape index (κ3) is 2.50. The van der Waals surface area contributed by atoms with Gasteiger partial charge in [-0.05, 0) is 12.1 Å². The molecule has 0 spiro atoms. The summed E-state index contributed by atoms with van der Waals surface area (Å²) in [5, 5.41) is 0.464. The van der Waals surface area contributed by atoms with Gasteiger partial charge in [0.1, 0.15) is 11.9 Å². The molecule has 1 fully saturated rings. The largest absolute Gasteiger partial charge is 0.339 e. The van der Waals surface area contributed by atoms with Crippen molar-refractivity contribution in [3.63, 3.8) is 0 Å². The Morgan fingerprint density at radius 1 is 1.11 bits per heavy atom. The maximum absolute atomic E-state index is 12.8. The number of hydrogen-bond acceptors (Lipinski definition) is 6. The van der Waals surface area contributed by atoms with Gasteiger partial charge in [-0.1, -0.05) is 17.2 Å². The zero-order valence-electron chi connectivity index (χ0n) is 14.7. The van der Waals surface area contributed by atoms with Crippen molar-refractivity contribution in [2.45, 2.75) is 12.5 Å². The first-order chi connectivity index (χ1) is 12.9. The molecule has 0 N–H and O–H groups in total. The summed E-state index contributed by atoms with van der Waals surface area (Å²) < 4.78 is 1.71. The predicted molar refractivity (Wildman–Crippen MR) is 89.9 cm³/mol. The molecule has 138 valence electrons. The van der Waals surface area contributed by atoms with Crippen molar-refractivity contribution in [3.05, 3.63) is 53.6 Å². The monoisotopic (exact) mass is 368 g/mol. The molecule has 3 heterocycles. The number of hydrogen-bond donors (Lipinski definition) is 0. The van der Waals surface area contributed by atoms with Crippen molar-refractivity contribution in [2.75, 3.05) is 7.05 Å². The maximum Gasteiger partial charge on any atom is 0.339 e. The van der Waals surface area contributed by atoms with Crippen LogP contribution in [0.4, 0.5) is 0 Å². The average molecular weight is 368 g/mol. The predicted octanol–water partition coefficient (Wildman–Crippen LogP) is 0.694. The van der Waals surface area contributed by atoms with Gasteiger partial charge in [0, 0.05) is 32.9 Å². The first-order valence-corrected chi connectivity index (χ1v) is 8.32. The van der Waals surface area contributed by atoms with Crippen molar-refractivity contribution in [1.29, 1.82) is 0 Å². The Bertz CT molecular complexity index is 947. The minimum atomic E-state index is -0.882. The number of hydroxylamine groups is 2. The quantitative estimate of drug-likeness (QED) is 0.739. The summed E-state index contributed by atoms with van der Waals surface area (Å²) >= 11 is 0. The fourth-order valence-electron chi connectivity index (χ4n) is 3.50. The highest BCUT2D eigenvalue weighted by molar-refractivity contribution is 6.20. The average Bonchev–Trinajstić information content (AvgIpc) is 3.27. The number of amides is 3. The van der Waals surface area contributed by atoms with E-state index in [1.54, 1.807) is 43.2 Å². The highest BCUT2D eigenvalue weighted by Crippen LogP contribution is 2.37. The molecule has 3 amide bonds. The van der Waals surface area contributed by atoms with Crippen LogP contribution in [-0.4, -0.2) is 50.3 Å². The molecule has 1 saturated heterocycles. The van der Waals surface area contributed by atoms with Crippen molar-refractivity contribution in [3.8, 4) is 0 Å². The van der Waals surface area contributed by atoms with Gasteiger partial charge < -0.3 is 14.3 Å². The van der Waals surface area contributed by atoms with Crippen molar-refractivity contribution >= 4 is 23.7 Å². The Morgan fingerprint density at radius 2 is 1.74 bits per heavy atom. The lowest BCUT2D eigenvalue weighted by molar-refractivity contribution is -0.174. The smallest absolute Gasteiger partial charge is 0.336 e. The molecule has 0 saturated carbocycles. The van der Waals surface area contributed by atoms with E-state index < -0.39 is 29.7 Å². The molecular formula is C18H16N4O5. The highest BCUT2D eigenvalue weighted by Gasteiger charge is 2.48.